The number of ether oxygens (including phenoxy) is 1. The van der Waals surface area contributed by atoms with Crippen LogP contribution in [0.1, 0.15) is 106 Å². The molecule has 4 nitrogen and oxygen atoms in total. The second-order valence-electron chi connectivity index (χ2n) is 15.3. The van der Waals surface area contributed by atoms with Crippen LogP contribution in [0.3, 0.4) is 0 Å². The molecule has 1 N–H and O–H groups in total. The van der Waals surface area contributed by atoms with E-state index < -0.39 is 11.4 Å². The molecule has 11 atom stereocenters. The SMILES string of the molecule is C=C(CBr)C1CC[C@]2(C(=O)O)CC[C@]3(C)C(CCC4[C@@]5(C)CC[C@H](C)[C@@](C)(COC(C)=O)C5CC[C@]43C)C12. The maximum absolute atomic E-state index is 12.9. The Balaban J connectivity index is 1.53. The minimum absolute atomic E-state index is 0.00689. The van der Waals surface area contributed by atoms with Crippen molar-refractivity contribution >= 4 is 27.9 Å². The van der Waals surface area contributed by atoms with E-state index in [9.17, 15) is 14.7 Å². The number of hydrogen-bond acceptors (Lipinski definition) is 3. The molecule has 0 radical (unpaired) electrons. The summed E-state index contributed by atoms with van der Waals surface area (Å²) in [7, 11) is 0. The van der Waals surface area contributed by atoms with Gasteiger partial charge in [0.15, 0.2) is 0 Å². The Morgan fingerprint density at radius 1 is 0.921 bits per heavy atom. The number of carbonyl (C=O) groups excluding carboxylic acids is 1. The zero-order valence-corrected chi connectivity index (χ0v) is 26.3. The molecule has 0 bridgehead atoms. The highest BCUT2D eigenvalue weighted by atomic mass is 79.9. The predicted molar refractivity (Wildman–Crippen MR) is 155 cm³/mol. The van der Waals surface area contributed by atoms with Gasteiger partial charge in [-0.05, 0) is 116 Å². The van der Waals surface area contributed by atoms with E-state index in [2.05, 4.69) is 57.1 Å². The highest BCUT2D eigenvalue weighted by Crippen LogP contribution is 2.77. The summed E-state index contributed by atoms with van der Waals surface area (Å²) < 4.78 is 5.73. The van der Waals surface area contributed by atoms with Crippen LogP contribution in [-0.4, -0.2) is 29.0 Å². The molecule has 5 heteroatoms. The average molecular weight is 592 g/mol. The van der Waals surface area contributed by atoms with Crippen molar-refractivity contribution in [1.29, 1.82) is 0 Å². The molecule has 38 heavy (non-hydrogen) atoms. The van der Waals surface area contributed by atoms with Crippen molar-refractivity contribution < 1.29 is 19.4 Å². The molecule has 0 spiro atoms. The molecule has 5 unspecified atom stereocenters. The fourth-order valence-corrected chi connectivity index (χ4v) is 12.4. The van der Waals surface area contributed by atoms with E-state index in [-0.39, 0.29) is 33.5 Å². The monoisotopic (exact) mass is 590 g/mol. The summed E-state index contributed by atoms with van der Waals surface area (Å²) in [5, 5.41) is 11.4. The number of carbonyl (C=O) groups is 2. The van der Waals surface area contributed by atoms with Crippen molar-refractivity contribution in [3.05, 3.63) is 12.2 Å². The number of fused-ring (bicyclic) bond motifs is 7. The van der Waals surface area contributed by atoms with Gasteiger partial charge in [-0.25, -0.2) is 0 Å². The van der Waals surface area contributed by atoms with Gasteiger partial charge in [0.1, 0.15) is 0 Å². The first-order valence-corrected chi connectivity index (χ1v) is 16.4. The molecular formula is C33H51BrO4. The van der Waals surface area contributed by atoms with E-state index in [4.69, 9.17) is 4.74 Å². The second kappa shape index (κ2) is 9.35. The highest BCUT2D eigenvalue weighted by Gasteiger charge is 2.72. The smallest absolute Gasteiger partial charge is 0.309 e. The number of alkyl halides is 1. The predicted octanol–water partition coefficient (Wildman–Crippen LogP) is 8.28. The van der Waals surface area contributed by atoms with Gasteiger partial charge in [-0.1, -0.05) is 62.7 Å². The Morgan fingerprint density at radius 3 is 2.26 bits per heavy atom. The Morgan fingerprint density at radius 2 is 1.63 bits per heavy atom. The van der Waals surface area contributed by atoms with Gasteiger partial charge in [0.2, 0.25) is 0 Å². The number of carboxylic acids is 1. The Hall–Kier alpha value is -0.840. The van der Waals surface area contributed by atoms with Crippen LogP contribution in [0.25, 0.3) is 0 Å². The first-order valence-electron chi connectivity index (χ1n) is 15.3. The van der Waals surface area contributed by atoms with Crippen LogP contribution >= 0.6 is 15.9 Å². The molecule has 0 aliphatic heterocycles. The van der Waals surface area contributed by atoms with Crippen LogP contribution < -0.4 is 0 Å². The Labute approximate surface area is 239 Å². The molecule has 0 heterocycles. The Kier molecular flexibility index (Phi) is 7.05. The van der Waals surface area contributed by atoms with Gasteiger partial charge in [0.05, 0.1) is 12.0 Å². The van der Waals surface area contributed by atoms with Crippen molar-refractivity contribution in [3.8, 4) is 0 Å². The molecular weight excluding hydrogens is 540 g/mol. The van der Waals surface area contributed by atoms with Gasteiger partial charge in [0.25, 0.3) is 0 Å². The molecule has 5 fully saturated rings. The van der Waals surface area contributed by atoms with Crippen LogP contribution in [-0.2, 0) is 14.3 Å². The summed E-state index contributed by atoms with van der Waals surface area (Å²) in [6.07, 6.45) is 10.8. The molecule has 0 aromatic heterocycles. The first kappa shape index (κ1) is 28.7. The van der Waals surface area contributed by atoms with Gasteiger partial charge < -0.3 is 9.84 Å². The van der Waals surface area contributed by atoms with Crippen molar-refractivity contribution in [2.75, 3.05) is 11.9 Å². The van der Waals surface area contributed by atoms with Gasteiger partial charge >= 0.3 is 11.9 Å². The third-order valence-electron chi connectivity index (χ3n) is 14.4. The number of halogens is 1. The van der Waals surface area contributed by atoms with E-state index in [0.29, 0.717) is 36.2 Å². The number of rotatable bonds is 5. The third kappa shape index (κ3) is 3.64. The van der Waals surface area contributed by atoms with E-state index in [1.54, 1.807) is 0 Å². The average Bonchev–Trinajstić information content (AvgIpc) is 3.26. The van der Waals surface area contributed by atoms with Gasteiger partial charge in [-0.15, -0.1) is 0 Å². The number of aliphatic carboxylic acids is 1. The lowest BCUT2D eigenvalue weighted by Crippen LogP contribution is -2.67. The zero-order valence-electron chi connectivity index (χ0n) is 24.7. The number of hydrogen-bond donors (Lipinski definition) is 1. The standard InChI is InChI=1S/C33H51BrO4/c1-20(18-34)23-11-15-33(28(36)37)17-16-31(6)24(27(23)33)8-9-26-29(4)13-10-21(2)30(5,19-38-22(3)35)25(29)12-14-32(26,31)7/h21,23-27H,1,8-19H2,2-7H3,(H,36,37)/t21-,23?,24?,25?,26?,27?,29-,30+,31+,32+,33-/m0/s1. The number of esters is 1. The summed E-state index contributed by atoms with van der Waals surface area (Å²) in [5.41, 5.74) is 1.18. The molecule has 5 aliphatic rings. The second-order valence-corrected chi connectivity index (χ2v) is 15.9. The van der Waals surface area contributed by atoms with Crippen LogP contribution in [0.15, 0.2) is 12.2 Å². The maximum Gasteiger partial charge on any atom is 0.309 e. The van der Waals surface area contributed by atoms with E-state index in [1.165, 1.54) is 44.6 Å². The van der Waals surface area contributed by atoms with Crippen molar-refractivity contribution in [3.63, 3.8) is 0 Å². The third-order valence-corrected chi connectivity index (χ3v) is 15.2. The van der Waals surface area contributed by atoms with Crippen molar-refractivity contribution in [2.24, 2.45) is 62.6 Å². The number of carboxylic acid groups (broad SMARTS) is 1. The van der Waals surface area contributed by atoms with E-state index in [0.717, 1.165) is 37.4 Å². The Bertz CT molecular complexity index is 1010. The first-order chi connectivity index (χ1) is 17.7. The molecule has 5 saturated carbocycles. The molecule has 214 valence electrons. The van der Waals surface area contributed by atoms with Crippen molar-refractivity contribution in [1.82, 2.24) is 0 Å². The van der Waals surface area contributed by atoms with Crippen LogP contribution in [0, 0.1) is 62.6 Å². The van der Waals surface area contributed by atoms with Gasteiger partial charge in [-0.2, -0.15) is 0 Å². The highest BCUT2D eigenvalue weighted by molar-refractivity contribution is 9.09. The number of allylic oxidation sites excluding steroid dienone is 1. The zero-order chi connectivity index (χ0) is 27.9. The summed E-state index contributed by atoms with van der Waals surface area (Å²) in [4.78, 5) is 24.8. The lowest BCUT2D eigenvalue weighted by atomic mass is 9.32. The summed E-state index contributed by atoms with van der Waals surface area (Å²) in [5.74, 6) is 1.93. The minimum atomic E-state index is -0.576. The van der Waals surface area contributed by atoms with E-state index >= 15 is 0 Å². The summed E-state index contributed by atoms with van der Waals surface area (Å²) >= 11 is 3.67. The fraction of sp³-hybridized carbons (Fsp3) is 0.879. The fourth-order valence-electron chi connectivity index (χ4n) is 12.0. The lowest BCUT2D eigenvalue weighted by Gasteiger charge is -2.73. The molecule has 0 aromatic rings. The maximum atomic E-state index is 12.9. The summed E-state index contributed by atoms with van der Waals surface area (Å²) in [6.45, 7) is 19.0. The molecule has 0 aromatic carbocycles. The summed E-state index contributed by atoms with van der Waals surface area (Å²) in [6, 6.07) is 0. The topological polar surface area (TPSA) is 63.6 Å². The van der Waals surface area contributed by atoms with E-state index in [1.807, 2.05) is 0 Å². The quantitative estimate of drug-likeness (QED) is 0.199. The largest absolute Gasteiger partial charge is 0.481 e. The normalized spacial score (nSPS) is 51.7. The minimum Gasteiger partial charge on any atom is -0.481 e. The van der Waals surface area contributed by atoms with Crippen LogP contribution in [0.5, 0.6) is 0 Å². The van der Waals surface area contributed by atoms with Crippen molar-refractivity contribution in [2.45, 2.75) is 106 Å². The van der Waals surface area contributed by atoms with Gasteiger partial charge in [0, 0.05) is 17.7 Å². The molecule has 5 rings (SSSR count). The molecule has 5 aliphatic carbocycles. The van der Waals surface area contributed by atoms with Crippen LogP contribution in [0.4, 0.5) is 0 Å². The lowest BCUT2D eigenvalue weighted by molar-refractivity contribution is -0.248. The molecule has 0 saturated heterocycles. The van der Waals surface area contributed by atoms with Crippen LogP contribution in [0.2, 0.25) is 0 Å². The van der Waals surface area contributed by atoms with Gasteiger partial charge in [-0.3, -0.25) is 9.59 Å². The molecule has 0 amide bonds.